The molecule has 4 nitrogen and oxygen atoms in total. The van der Waals surface area contributed by atoms with Gasteiger partial charge in [0.15, 0.2) is 0 Å². The van der Waals surface area contributed by atoms with E-state index < -0.39 is 0 Å². The second-order valence-electron chi connectivity index (χ2n) is 6.64. The van der Waals surface area contributed by atoms with Crippen molar-refractivity contribution in [3.05, 3.63) is 29.8 Å². The number of amides is 1. The zero-order chi connectivity index (χ0) is 14.3. The Labute approximate surface area is 125 Å². The van der Waals surface area contributed by atoms with Gasteiger partial charge in [0.2, 0.25) is 0 Å². The van der Waals surface area contributed by atoms with Crippen molar-refractivity contribution in [2.45, 2.75) is 19.3 Å². The molecule has 0 aromatic heterocycles. The number of nitrogens with zero attached hydrogens (tertiary/aromatic N) is 1. The van der Waals surface area contributed by atoms with Crippen molar-refractivity contribution in [1.29, 1.82) is 0 Å². The van der Waals surface area contributed by atoms with Crippen molar-refractivity contribution in [2.75, 3.05) is 37.7 Å². The van der Waals surface area contributed by atoms with Gasteiger partial charge in [0, 0.05) is 31.9 Å². The minimum absolute atomic E-state index is 0.0552. The van der Waals surface area contributed by atoms with E-state index in [1.807, 2.05) is 18.2 Å². The molecule has 2 aliphatic heterocycles. The molecule has 1 saturated carbocycles. The van der Waals surface area contributed by atoms with Gasteiger partial charge in [-0.15, -0.1) is 0 Å². The summed E-state index contributed by atoms with van der Waals surface area (Å²) in [7, 11) is 0. The third-order valence-corrected chi connectivity index (χ3v) is 5.31. The van der Waals surface area contributed by atoms with E-state index in [0.717, 1.165) is 50.0 Å². The highest BCUT2D eigenvalue weighted by Gasteiger charge is 2.55. The second kappa shape index (κ2) is 5.02. The molecule has 1 aliphatic carbocycles. The minimum Gasteiger partial charge on any atom is -0.381 e. The maximum atomic E-state index is 12.1. The van der Waals surface area contributed by atoms with E-state index in [1.165, 1.54) is 19.3 Å². The van der Waals surface area contributed by atoms with E-state index in [4.69, 9.17) is 4.74 Å². The average Bonchev–Trinajstić information content (AvgIpc) is 3.20. The van der Waals surface area contributed by atoms with E-state index in [1.54, 1.807) is 0 Å². The van der Waals surface area contributed by atoms with Gasteiger partial charge in [-0.3, -0.25) is 4.79 Å². The van der Waals surface area contributed by atoms with Crippen LogP contribution in [0.4, 0.5) is 5.69 Å². The highest BCUT2D eigenvalue weighted by Crippen LogP contribution is 2.57. The number of fused-ring (bicyclic) bond motifs is 1. The molecule has 2 fully saturated rings. The third kappa shape index (κ3) is 2.31. The molecule has 0 bridgehead atoms. The Kier molecular flexibility index (Phi) is 3.14. The maximum Gasteiger partial charge on any atom is 0.253 e. The normalized spacial score (nSPS) is 31.5. The fourth-order valence-electron chi connectivity index (χ4n) is 3.96. The third-order valence-electron chi connectivity index (χ3n) is 5.31. The van der Waals surface area contributed by atoms with E-state index >= 15 is 0 Å². The van der Waals surface area contributed by atoms with Gasteiger partial charge in [0.25, 0.3) is 5.91 Å². The summed E-state index contributed by atoms with van der Waals surface area (Å²) in [6.45, 7) is 4.54. The van der Waals surface area contributed by atoms with Gasteiger partial charge in [-0.05, 0) is 42.7 Å². The van der Waals surface area contributed by atoms with Crippen LogP contribution in [0.25, 0.3) is 0 Å². The fraction of sp³-hybridized carbons (Fsp3) is 0.588. The topological polar surface area (TPSA) is 41.6 Å². The summed E-state index contributed by atoms with van der Waals surface area (Å²) >= 11 is 0. The van der Waals surface area contributed by atoms with Gasteiger partial charge in [-0.2, -0.15) is 0 Å². The largest absolute Gasteiger partial charge is 0.381 e. The van der Waals surface area contributed by atoms with Crippen LogP contribution in [0.2, 0.25) is 0 Å². The molecule has 1 amide bonds. The van der Waals surface area contributed by atoms with Crippen molar-refractivity contribution in [3.63, 3.8) is 0 Å². The van der Waals surface area contributed by atoms with Crippen molar-refractivity contribution < 1.29 is 9.53 Å². The van der Waals surface area contributed by atoms with Gasteiger partial charge in [0.1, 0.15) is 0 Å². The first kappa shape index (κ1) is 13.1. The predicted molar refractivity (Wildman–Crippen MR) is 81.6 cm³/mol. The molecular formula is C17H22N2O2. The summed E-state index contributed by atoms with van der Waals surface area (Å²) in [6, 6.07) is 7.97. The minimum atomic E-state index is 0.0552. The molecule has 21 heavy (non-hydrogen) atoms. The molecule has 2 heterocycles. The molecular weight excluding hydrogens is 264 g/mol. The molecule has 1 saturated heterocycles. The first-order valence-corrected chi connectivity index (χ1v) is 7.98. The summed E-state index contributed by atoms with van der Waals surface area (Å²) in [5.41, 5.74) is 2.34. The molecule has 1 N–H and O–H groups in total. The van der Waals surface area contributed by atoms with Gasteiger partial charge < -0.3 is 15.0 Å². The average molecular weight is 286 g/mol. The van der Waals surface area contributed by atoms with Crippen molar-refractivity contribution in [2.24, 2.45) is 11.3 Å². The first-order valence-electron chi connectivity index (χ1n) is 7.98. The van der Waals surface area contributed by atoms with Crippen molar-refractivity contribution in [1.82, 2.24) is 5.32 Å². The summed E-state index contributed by atoms with van der Waals surface area (Å²) < 4.78 is 5.69. The number of benzene rings is 1. The quantitative estimate of drug-likeness (QED) is 0.905. The Hall–Kier alpha value is -1.55. The van der Waals surface area contributed by atoms with Gasteiger partial charge in [-0.25, -0.2) is 0 Å². The number of hydrogen-bond donors (Lipinski definition) is 1. The molecule has 112 valence electrons. The smallest absolute Gasteiger partial charge is 0.253 e. The molecule has 1 spiro atoms. The summed E-state index contributed by atoms with van der Waals surface area (Å²) in [5, 5.41) is 2.99. The van der Waals surface area contributed by atoms with Crippen LogP contribution >= 0.6 is 0 Å². The standard InChI is InChI=1S/C17H22N2O2/c20-16-14-4-1-2-5-15(14)19(8-7-18-16)11-13-10-17(13)6-3-9-21-12-17/h1-2,4-5,13H,3,6-12H2,(H,18,20). The second-order valence-corrected chi connectivity index (χ2v) is 6.64. The Balaban J connectivity index is 1.53. The summed E-state index contributed by atoms with van der Waals surface area (Å²) in [6.07, 6.45) is 3.80. The van der Waals surface area contributed by atoms with Crippen LogP contribution in [0.1, 0.15) is 29.6 Å². The zero-order valence-electron chi connectivity index (χ0n) is 12.3. The molecule has 1 aromatic rings. The predicted octanol–water partition coefficient (Wildman–Crippen LogP) is 2.05. The van der Waals surface area contributed by atoms with Crippen LogP contribution in [0.3, 0.4) is 0 Å². The molecule has 0 radical (unpaired) electrons. The van der Waals surface area contributed by atoms with Crippen molar-refractivity contribution >= 4 is 11.6 Å². The Morgan fingerprint density at radius 2 is 2.29 bits per heavy atom. The Bertz CT molecular complexity index is 551. The lowest BCUT2D eigenvalue weighted by molar-refractivity contribution is 0.0367. The maximum absolute atomic E-state index is 12.1. The SMILES string of the molecule is O=C1NCCN(CC2CC23CCCOC3)c2ccccc21. The molecule has 2 unspecified atom stereocenters. The lowest BCUT2D eigenvalue weighted by Crippen LogP contribution is -2.33. The number of hydrogen-bond acceptors (Lipinski definition) is 3. The molecule has 4 heteroatoms. The summed E-state index contributed by atoms with van der Waals surface area (Å²) in [5.74, 6) is 0.777. The number of para-hydroxylation sites is 1. The lowest BCUT2D eigenvalue weighted by atomic mass is 9.96. The van der Waals surface area contributed by atoms with Gasteiger partial charge >= 0.3 is 0 Å². The van der Waals surface area contributed by atoms with Crippen molar-refractivity contribution in [3.8, 4) is 0 Å². The monoisotopic (exact) mass is 286 g/mol. The number of rotatable bonds is 2. The number of carbonyl (C=O) groups is 1. The molecule has 2 atom stereocenters. The number of nitrogens with one attached hydrogen (secondary N) is 1. The number of anilines is 1. The first-order chi connectivity index (χ1) is 10.3. The van der Waals surface area contributed by atoms with Gasteiger partial charge in [0.05, 0.1) is 12.2 Å². The van der Waals surface area contributed by atoms with Gasteiger partial charge in [-0.1, -0.05) is 12.1 Å². The van der Waals surface area contributed by atoms with Crippen LogP contribution in [0, 0.1) is 11.3 Å². The molecule has 4 rings (SSSR count). The van der Waals surface area contributed by atoms with Crippen LogP contribution in [-0.2, 0) is 4.74 Å². The van der Waals surface area contributed by atoms with E-state index in [0.29, 0.717) is 5.41 Å². The Morgan fingerprint density at radius 3 is 3.14 bits per heavy atom. The molecule has 1 aromatic carbocycles. The lowest BCUT2D eigenvalue weighted by Gasteiger charge is -2.28. The van der Waals surface area contributed by atoms with E-state index in [-0.39, 0.29) is 5.91 Å². The Morgan fingerprint density at radius 1 is 1.38 bits per heavy atom. The number of carbonyl (C=O) groups excluding carboxylic acids is 1. The van der Waals surface area contributed by atoms with Crippen LogP contribution in [0.5, 0.6) is 0 Å². The number of ether oxygens (including phenoxy) is 1. The van der Waals surface area contributed by atoms with Crippen LogP contribution in [-0.4, -0.2) is 38.8 Å². The zero-order valence-corrected chi connectivity index (χ0v) is 12.3. The van der Waals surface area contributed by atoms with E-state index in [2.05, 4.69) is 16.3 Å². The summed E-state index contributed by atoms with van der Waals surface area (Å²) in [4.78, 5) is 14.5. The fourth-order valence-corrected chi connectivity index (χ4v) is 3.96. The highest BCUT2D eigenvalue weighted by atomic mass is 16.5. The highest BCUT2D eigenvalue weighted by molar-refractivity contribution is 6.00. The van der Waals surface area contributed by atoms with Crippen LogP contribution in [0.15, 0.2) is 24.3 Å². The molecule has 3 aliphatic rings. The van der Waals surface area contributed by atoms with E-state index in [9.17, 15) is 4.79 Å². The van der Waals surface area contributed by atoms with Crippen LogP contribution < -0.4 is 10.2 Å².